The van der Waals surface area contributed by atoms with E-state index in [0.29, 0.717) is 36.3 Å². The van der Waals surface area contributed by atoms with Crippen molar-refractivity contribution in [3.05, 3.63) is 59.2 Å². The van der Waals surface area contributed by atoms with Gasteiger partial charge in [-0.2, -0.15) is 5.26 Å². The summed E-state index contributed by atoms with van der Waals surface area (Å²) >= 11 is 0. The molecule has 5 heteroatoms. The van der Waals surface area contributed by atoms with Crippen LogP contribution >= 0.6 is 0 Å². The van der Waals surface area contributed by atoms with Crippen molar-refractivity contribution >= 4 is 17.7 Å². The number of nitriles is 1. The summed E-state index contributed by atoms with van der Waals surface area (Å²) in [5.74, 6) is 1.20. The highest BCUT2D eigenvalue weighted by Crippen LogP contribution is 2.32. The summed E-state index contributed by atoms with van der Waals surface area (Å²) in [5.41, 5.74) is 2.61. The molecule has 0 aliphatic carbocycles. The predicted molar refractivity (Wildman–Crippen MR) is 100 cm³/mol. The van der Waals surface area contributed by atoms with Crippen LogP contribution < -0.4 is 14.8 Å². The van der Waals surface area contributed by atoms with Crippen molar-refractivity contribution in [1.82, 2.24) is 0 Å². The van der Waals surface area contributed by atoms with Crippen LogP contribution in [0.15, 0.2) is 48.0 Å². The van der Waals surface area contributed by atoms with E-state index >= 15 is 0 Å². The van der Waals surface area contributed by atoms with Gasteiger partial charge in [0.1, 0.15) is 24.9 Å². The number of rotatable bonds is 4. The number of nitrogens with zero attached hydrogens (tertiary/aromatic N) is 1. The second-order valence-electron chi connectivity index (χ2n) is 6.30. The number of hydrogen-bond acceptors (Lipinski definition) is 4. The van der Waals surface area contributed by atoms with Crippen molar-refractivity contribution in [2.24, 2.45) is 0 Å². The summed E-state index contributed by atoms with van der Waals surface area (Å²) in [6, 6.07) is 14.9. The average Bonchev–Trinajstić information content (AvgIpc) is 2.66. The van der Waals surface area contributed by atoms with Gasteiger partial charge in [0.05, 0.1) is 0 Å². The van der Waals surface area contributed by atoms with E-state index in [9.17, 15) is 10.1 Å². The molecule has 0 unspecified atom stereocenters. The lowest BCUT2D eigenvalue weighted by Gasteiger charge is -2.18. The lowest BCUT2D eigenvalue weighted by molar-refractivity contribution is -0.112. The normalized spacial score (nSPS) is 13.2. The first kappa shape index (κ1) is 17.6. The first-order valence-electron chi connectivity index (χ1n) is 8.49. The number of carbonyl (C=O) groups excluding carboxylic acids is 1. The average molecular weight is 348 g/mol. The number of amides is 1. The van der Waals surface area contributed by atoms with Crippen LogP contribution in [-0.4, -0.2) is 19.1 Å². The van der Waals surface area contributed by atoms with Gasteiger partial charge in [-0.3, -0.25) is 4.79 Å². The fraction of sp³-hybridized carbons (Fsp3) is 0.238. The van der Waals surface area contributed by atoms with Gasteiger partial charge in [0.15, 0.2) is 11.5 Å². The number of hydrogen-bond donors (Lipinski definition) is 1. The molecule has 1 amide bonds. The standard InChI is InChI=1S/C21H20N2O3/c1-14(2)16-5-3-15(4-6-16)11-17(13-22)21(24)23-18-7-8-19-20(12-18)26-10-9-25-19/h3-8,11-12,14H,9-10H2,1-2H3,(H,23,24)/b17-11+. The third-order valence-electron chi connectivity index (χ3n) is 4.08. The third kappa shape index (κ3) is 4.04. The van der Waals surface area contributed by atoms with Gasteiger partial charge in [-0.1, -0.05) is 38.1 Å². The minimum absolute atomic E-state index is 0.0391. The van der Waals surface area contributed by atoms with Gasteiger partial charge in [-0.25, -0.2) is 0 Å². The Labute approximate surface area is 152 Å². The van der Waals surface area contributed by atoms with E-state index in [4.69, 9.17) is 9.47 Å². The van der Waals surface area contributed by atoms with Crippen molar-refractivity contribution < 1.29 is 14.3 Å². The lowest BCUT2D eigenvalue weighted by Crippen LogP contribution is -2.17. The second kappa shape index (κ2) is 7.75. The maximum absolute atomic E-state index is 12.4. The van der Waals surface area contributed by atoms with Crippen molar-refractivity contribution in [2.75, 3.05) is 18.5 Å². The Kier molecular flexibility index (Phi) is 5.23. The first-order chi connectivity index (χ1) is 12.6. The molecule has 1 aliphatic heterocycles. The monoisotopic (exact) mass is 348 g/mol. The van der Waals surface area contributed by atoms with Crippen LogP contribution in [0.4, 0.5) is 5.69 Å². The van der Waals surface area contributed by atoms with Gasteiger partial charge in [-0.15, -0.1) is 0 Å². The van der Waals surface area contributed by atoms with Crippen molar-refractivity contribution in [2.45, 2.75) is 19.8 Å². The van der Waals surface area contributed by atoms with E-state index in [1.807, 2.05) is 30.3 Å². The molecule has 0 radical (unpaired) electrons. The van der Waals surface area contributed by atoms with Crippen LogP contribution in [0.3, 0.4) is 0 Å². The molecule has 0 atom stereocenters. The number of benzene rings is 2. The molecule has 0 bridgehead atoms. The van der Waals surface area contributed by atoms with Crippen LogP contribution in [0.25, 0.3) is 6.08 Å². The van der Waals surface area contributed by atoms with Crippen molar-refractivity contribution in [3.63, 3.8) is 0 Å². The van der Waals surface area contributed by atoms with Crippen molar-refractivity contribution in [3.8, 4) is 17.6 Å². The molecule has 1 N–H and O–H groups in total. The van der Waals surface area contributed by atoms with Crippen LogP contribution in [0.1, 0.15) is 30.9 Å². The third-order valence-corrected chi connectivity index (χ3v) is 4.08. The zero-order valence-electron chi connectivity index (χ0n) is 14.8. The molecule has 0 spiro atoms. The highest BCUT2D eigenvalue weighted by atomic mass is 16.6. The summed E-state index contributed by atoms with van der Waals surface area (Å²) < 4.78 is 11.0. The van der Waals surface area contributed by atoms with E-state index in [2.05, 4.69) is 19.2 Å². The highest BCUT2D eigenvalue weighted by Gasteiger charge is 2.14. The molecule has 3 rings (SSSR count). The summed E-state index contributed by atoms with van der Waals surface area (Å²) in [4.78, 5) is 12.4. The number of carbonyl (C=O) groups is 1. The van der Waals surface area contributed by atoms with Gasteiger partial charge < -0.3 is 14.8 Å². The molecular formula is C21H20N2O3. The summed E-state index contributed by atoms with van der Waals surface area (Å²) in [5, 5.41) is 12.1. The lowest BCUT2D eigenvalue weighted by atomic mass is 10.0. The maximum Gasteiger partial charge on any atom is 0.266 e. The molecule has 2 aromatic carbocycles. The minimum Gasteiger partial charge on any atom is -0.486 e. The Balaban J connectivity index is 1.75. The van der Waals surface area contributed by atoms with Gasteiger partial charge in [0, 0.05) is 11.8 Å². The molecule has 1 heterocycles. The van der Waals surface area contributed by atoms with Crippen LogP contribution in [0.5, 0.6) is 11.5 Å². The van der Waals surface area contributed by atoms with E-state index in [1.165, 1.54) is 5.56 Å². The molecule has 132 valence electrons. The fourth-order valence-corrected chi connectivity index (χ4v) is 2.61. The molecular weight excluding hydrogens is 328 g/mol. The SMILES string of the molecule is CC(C)c1ccc(/C=C(\C#N)C(=O)Nc2ccc3c(c2)OCCO3)cc1. The molecule has 5 nitrogen and oxygen atoms in total. The molecule has 0 fully saturated rings. The van der Waals surface area contributed by atoms with Crippen molar-refractivity contribution in [1.29, 1.82) is 5.26 Å². The number of nitrogens with one attached hydrogen (secondary N) is 1. The van der Waals surface area contributed by atoms with E-state index in [0.717, 1.165) is 5.56 Å². The van der Waals surface area contributed by atoms with Gasteiger partial charge in [0.2, 0.25) is 0 Å². The van der Waals surface area contributed by atoms with Gasteiger partial charge in [0.25, 0.3) is 5.91 Å². The zero-order valence-corrected chi connectivity index (χ0v) is 14.8. The molecule has 0 saturated heterocycles. The summed E-state index contributed by atoms with van der Waals surface area (Å²) in [7, 11) is 0. The van der Waals surface area contributed by atoms with Crippen LogP contribution in [-0.2, 0) is 4.79 Å². The van der Waals surface area contributed by atoms with Crippen LogP contribution in [0, 0.1) is 11.3 Å². The smallest absolute Gasteiger partial charge is 0.266 e. The molecule has 26 heavy (non-hydrogen) atoms. The van der Waals surface area contributed by atoms with Gasteiger partial charge in [-0.05, 0) is 35.3 Å². The summed E-state index contributed by atoms with van der Waals surface area (Å²) in [6.07, 6.45) is 1.58. The Morgan fingerprint density at radius 1 is 1.12 bits per heavy atom. The maximum atomic E-state index is 12.4. The minimum atomic E-state index is -0.461. The van der Waals surface area contributed by atoms with E-state index in [-0.39, 0.29) is 5.57 Å². The molecule has 0 aromatic heterocycles. The quantitative estimate of drug-likeness (QED) is 0.666. The van der Waals surface area contributed by atoms with E-state index < -0.39 is 5.91 Å². The van der Waals surface area contributed by atoms with E-state index in [1.54, 1.807) is 24.3 Å². The Morgan fingerprint density at radius 2 is 1.81 bits per heavy atom. The van der Waals surface area contributed by atoms with Crippen LogP contribution in [0.2, 0.25) is 0 Å². The topological polar surface area (TPSA) is 71.4 Å². The number of anilines is 1. The largest absolute Gasteiger partial charge is 0.486 e. The number of fused-ring (bicyclic) bond motifs is 1. The molecule has 1 aliphatic rings. The Morgan fingerprint density at radius 3 is 2.46 bits per heavy atom. The predicted octanol–water partition coefficient (Wildman–Crippen LogP) is 4.13. The highest BCUT2D eigenvalue weighted by molar-refractivity contribution is 6.09. The molecule has 2 aromatic rings. The Hall–Kier alpha value is -3.26. The molecule has 0 saturated carbocycles. The first-order valence-corrected chi connectivity index (χ1v) is 8.49. The number of ether oxygens (including phenoxy) is 2. The van der Waals surface area contributed by atoms with Gasteiger partial charge >= 0.3 is 0 Å². The zero-order chi connectivity index (χ0) is 18.5. The Bertz CT molecular complexity index is 877. The fourth-order valence-electron chi connectivity index (χ4n) is 2.61. The summed E-state index contributed by atoms with van der Waals surface area (Å²) in [6.45, 7) is 5.22. The second-order valence-corrected chi connectivity index (χ2v) is 6.30.